The van der Waals surface area contributed by atoms with Crippen LogP contribution in [0.3, 0.4) is 0 Å². The van der Waals surface area contributed by atoms with Gasteiger partial charge in [-0.1, -0.05) is 0 Å². The Hall–Kier alpha value is -1.04. The molecule has 0 fully saturated rings. The molecule has 0 atom stereocenters. The fourth-order valence-corrected chi connectivity index (χ4v) is 0.318. The molecule has 0 heterocycles. The zero-order valence-corrected chi connectivity index (χ0v) is 5.13. The third-order valence-corrected chi connectivity index (χ3v) is 0.724. The van der Waals surface area contributed by atoms with Gasteiger partial charge in [0, 0.05) is 13.6 Å². The monoisotopic (exact) mass is 111 g/mol. The van der Waals surface area contributed by atoms with Gasteiger partial charge in [0.15, 0.2) is 6.19 Å². The third-order valence-electron chi connectivity index (χ3n) is 0.724. The van der Waals surface area contributed by atoms with Crippen molar-refractivity contribution in [3.8, 4) is 6.19 Å². The van der Waals surface area contributed by atoms with Gasteiger partial charge in [-0.3, -0.25) is 9.89 Å². The lowest BCUT2D eigenvalue weighted by atomic mass is 10.7. The summed E-state index contributed by atoms with van der Waals surface area (Å²) >= 11 is 0. The molecule has 3 nitrogen and oxygen atoms in total. The molecule has 0 spiro atoms. The minimum atomic E-state index is 0.688. The smallest absolute Gasteiger partial charge is 0.185 e. The Bertz CT molecular complexity index is 111. The van der Waals surface area contributed by atoms with Crippen LogP contribution in [0, 0.1) is 11.5 Å². The average Bonchev–Trinajstić information content (AvgIpc) is 1.83. The van der Waals surface area contributed by atoms with E-state index in [1.807, 2.05) is 13.1 Å². The van der Waals surface area contributed by atoms with Gasteiger partial charge in [0.25, 0.3) is 0 Å². The lowest BCUT2D eigenvalue weighted by Crippen LogP contribution is -2.13. The van der Waals surface area contributed by atoms with Crippen LogP contribution < -0.4 is 0 Å². The molecule has 0 N–H and O–H groups in total. The highest BCUT2D eigenvalue weighted by Gasteiger charge is 1.86. The Morgan fingerprint density at radius 1 is 1.88 bits per heavy atom. The molecule has 0 aliphatic carbocycles. The number of nitriles is 1. The first kappa shape index (κ1) is 6.96. The van der Waals surface area contributed by atoms with Crippen molar-refractivity contribution in [3.63, 3.8) is 0 Å². The van der Waals surface area contributed by atoms with Gasteiger partial charge in [-0.2, -0.15) is 5.26 Å². The molecule has 0 aliphatic heterocycles. The van der Waals surface area contributed by atoms with Crippen molar-refractivity contribution in [2.45, 2.75) is 6.92 Å². The molecular formula is C5H9N3. The fourth-order valence-electron chi connectivity index (χ4n) is 0.318. The summed E-state index contributed by atoms with van der Waals surface area (Å²) in [4.78, 5) is 5.10. The third kappa shape index (κ3) is 2.19. The van der Waals surface area contributed by atoms with Crippen LogP contribution >= 0.6 is 0 Å². The van der Waals surface area contributed by atoms with Gasteiger partial charge in [-0.05, 0) is 6.92 Å². The Labute approximate surface area is 49.2 Å². The van der Waals surface area contributed by atoms with E-state index in [1.165, 1.54) is 11.2 Å². The van der Waals surface area contributed by atoms with Crippen molar-refractivity contribution in [1.82, 2.24) is 4.90 Å². The van der Waals surface area contributed by atoms with Gasteiger partial charge < -0.3 is 0 Å². The Morgan fingerprint density at radius 3 is 2.62 bits per heavy atom. The predicted molar refractivity (Wildman–Crippen MR) is 32.4 cm³/mol. The predicted octanol–water partition coefficient (Wildman–Crippen LogP) is 0.447. The summed E-state index contributed by atoms with van der Waals surface area (Å²) in [5.41, 5.74) is 0. The number of hydrogen-bond acceptors (Lipinski definition) is 2. The second-order valence-corrected chi connectivity index (χ2v) is 1.26. The number of aliphatic imine (C=N–C) groups is 1. The molecule has 0 amide bonds. The minimum absolute atomic E-state index is 0.688. The Balaban J connectivity index is 3.57. The van der Waals surface area contributed by atoms with E-state index in [1.54, 1.807) is 7.05 Å². The standard InChI is InChI=1S/C5H9N3/c1-3-8(4-6)5-7-2/h5H,3H2,1-2H3. The van der Waals surface area contributed by atoms with Crippen molar-refractivity contribution in [3.05, 3.63) is 0 Å². The first-order chi connectivity index (χ1) is 3.85. The maximum absolute atomic E-state index is 8.24. The summed E-state index contributed by atoms with van der Waals surface area (Å²) in [6.07, 6.45) is 3.44. The summed E-state index contributed by atoms with van der Waals surface area (Å²) < 4.78 is 0. The van der Waals surface area contributed by atoms with Gasteiger partial charge in [0.1, 0.15) is 0 Å². The van der Waals surface area contributed by atoms with Crippen LogP contribution in [0.15, 0.2) is 4.99 Å². The summed E-state index contributed by atoms with van der Waals surface area (Å²) in [5.74, 6) is 0. The van der Waals surface area contributed by atoms with E-state index in [0.29, 0.717) is 6.54 Å². The molecule has 0 unspecified atom stereocenters. The molecular weight excluding hydrogens is 102 g/mol. The van der Waals surface area contributed by atoms with Gasteiger partial charge in [0.2, 0.25) is 0 Å². The van der Waals surface area contributed by atoms with Crippen LogP contribution in [0.5, 0.6) is 0 Å². The largest absolute Gasteiger partial charge is 0.278 e. The highest BCUT2D eigenvalue weighted by atomic mass is 15.1. The van der Waals surface area contributed by atoms with Crippen LogP contribution in [0.4, 0.5) is 0 Å². The quantitative estimate of drug-likeness (QED) is 0.224. The van der Waals surface area contributed by atoms with E-state index < -0.39 is 0 Å². The maximum atomic E-state index is 8.24. The van der Waals surface area contributed by atoms with Crippen LogP contribution in [-0.4, -0.2) is 24.8 Å². The highest BCUT2D eigenvalue weighted by molar-refractivity contribution is 5.56. The molecule has 0 saturated carbocycles. The molecule has 0 aromatic heterocycles. The average molecular weight is 111 g/mol. The topological polar surface area (TPSA) is 39.4 Å². The fraction of sp³-hybridized carbons (Fsp3) is 0.600. The second-order valence-electron chi connectivity index (χ2n) is 1.26. The van der Waals surface area contributed by atoms with E-state index in [9.17, 15) is 0 Å². The SMILES string of the molecule is CCN(C#N)C=NC. The zero-order valence-electron chi connectivity index (χ0n) is 5.13. The van der Waals surface area contributed by atoms with Crippen LogP contribution in [0.25, 0.3) is 0 Å². The molecule has 44 valence electrons. The van der Waals surface area contributed by atoms with E-state index in [4.69, 9.17) is 5.26 Å². The lowest BCUT2D eigenvalue weighted by molar-refractivity contribution is 0.626. The van der Waals surface area contributed by atoms with Crippen molar-refractivity contribution in [2.24, 2.45) is 4.99 Å². The van der Waals surface area contributed by atoms with Crippen LogP contribution in [0.1, 0.15) is 6.92 Å². The summed E-state index contributed by atoms with van der Waals surface area (Å²) in [7, 11) is 1.64. The van der Waals surface area contributed by atoms with Crippen molar-refractivity contribution in [1.29, 1.82) is 5.26 Å². The second kappa shape index (κ2) is 4.13. The van der Waals surface area contributed by atoms with E-state index >= 15 is 0 Å². The number of nitrogens with zero attached hydrogens (tertiary/aromatic N) is 3. The summed E-state index contributed by atoms with van der Waals surface area (Å²) in [6, 6.07) is 0. The molecule has 0 saturated heterocycles. The van der Waals surface area contributed by atoms with Gasteiger partial charge in [-0.25, -0.2) is 0 Å². The maximum Gasteiger partial charge on any atom is 0.185 e. The van der Waals surface area contributed by atoms with Gasteiger partial charge in [0.05, 0.1) is 6.34 Å². The molecule has 0 rings (SSSR count). The van der Waals surface area contributed by atoms with Gasteiger partial charge >= 0.3 is 0 Å². The van der Waals surface area contributed by atoms with E-state index in [2.05, 4.69) is 4.99 Å². The number of hydrogen-bond donors (Lipinski definition) is 0. The Kier molecular flexibility index (Phi) is 3.59. The molecule has 0 bridgehead atoms. The highest BCUT2D eigenvalue weighted by Crippen LogP contribution is 1.74. The molecule has 0 aromatic carbocycles. The van der Waals surface area contributed by atoms with Crippen molar-refractivity contribution >= 4 is 6.34 Å². The molecule has 0 aliphatic rings. The van der Waals surface area contributed by atoms with E-state index in [0.717, 1.165) is 0 Å². The first-order valence-electron chi connectivity index (χ1n) is 2.43. The normalized spacial score (nSPS) is 9.12. The van der Waals surface area contributed by atoms with Crippen LogP contribution in [0.2, 0.25) is 0 Å². The van der Waals surface area contributed by atoms with Crippen LogP contribution in [-0.2, 0) is 0 Å². The molecule has 0 aromatic rings. The van der Waals surface area contributed by atoms with E-state index in [-0.39, 0.29) is 0 Å². The van der Waals surface area contributed by atoms with Crippen molar-refractivity contribution < 1.29 is 0 Å². The van der Waals surface area contributed by atoms with Crippen molar-refractivity contribution in [2.75, 3.05) is 13.6 Å². The molecule has 0 radical (unpaired) electrons. The molecule has 8 heavy (non-hydrogen) atoms. The first-order valence-corrected chi connectivity index (χ1v) is 2.43. The van der Waals surface area contributed by atoms with Gasteiger partial charge in [-0.15, -0.1) is 0 Å². The summed E-state index contributed by atoms with van der Waals surface area (Å²) in [5, 5.41) is 8.24. The minimum Gasteiger partial charge on any atom is -0.278 e. The lowest BCUT2D eigenvalue weighted by Gasteiger charge is -2.01. The zero-order chi connectivity index (χ0) is 6.41. The summed E-state index contributed by atoms with van der Waals surface area (Å²) in [6.45, 7) is 2.58. The Morgan fingerprint density at radius 2 is 2.50 bits per heavy atom. The molecule has 3 heteroatoms. The number of rotatable bonds is 2.